The van der Waals surface area contributed by atoms with Gasteiger partial charge in [0.25, 0.3) is 5.91 Å². The number of hydrogen-bond donors (Lipinski definition) is 1. The largest absolute Gasteiger partial charge is 0.367 e. The Morgan fingerprint density at radius 2 is 2.41 bits per heavy atom. The molecule has 1 saturated heterocycles. The van der Waals surface area contributed by atoms with Crippen LogP contribution in [0.1, 0.15) is 15.4 Å². The number of carbonyl (C=O) groups is 2. The lowest BCUT2D eigenvalue weighted by atomic mass is 10.2. The van der Waals surface area contributed by atoms with Crippen LogP contribution in [0.4, 0.5) is 0 Å². The standard InChI is InChI=1S/C10H13N3O3S/c1-6-8(17-5-12-6)10(15)13-2-3-16-7(4-13)9(11)14/h5,7H,2-4H2,1H3,(H2,11,14)/t7-/m1/s1. The predicted octanol–water partition coefficient (Wildman–Crippen LogP) is -0.222. The van der Waals surface area contributed by atoms with E-state index < -0.39 is 12.0 Å². The highest BCUT2D eigenvalue weighted by Gasteiger charge is 2.29. The summed E-state index contributed by atoms with van der Waals surface area (Å²) in [5, 5.41) is 0. The minimum absolute atomic E-state index is 0.112. The normalized spacial score (nSPS) is 20.3. The molecule has 0 bridgehead atoms. The Kier molecular flexibility index (Phi) is 3.39. The summed E-state index contributed by atoms with van der Waals surface area (Å²) < 4.78 is 5.19. The second-order valence-electron chi connectivity index (χ2n) is 3.78. The molecule has 0 aliphatic carbocycles. The van der Waals surface area contributed by atoms with Crippen LogP contribution in [0.3, 0.4) is 0 Å². The summed E-state index contributed by atoms with van der Waals surface area (Å²) in [7, 11) is 0. The molecule has 1 aliphatic heterocycles. The Morgan fingerprint density at radius 1 is 1.65 bits per heavy atom. The van der Waals surface area contributed by atoms with E-state index in [1.165, 1.54) is 11.3 Å². The van der Waals surface area contributed by atoms with Gasteiger partial charge in [0.2, 0.25) is 5.91 Å². The molecular formula is C10H13N3O3S. The van der Waals surface area contributed by atoms with Crippen molar-refractivity contribution in [1.82, 2.24) is 9.88 Å². The third-order valence-electron chi connectivity index (χ3n) is 2.61. The summed E-state index contributed by atoms with van der Waals surface area (Å²) in [6, 6.07) is 0. The van der Waals surface area contributed by atoms with E-state index in [0.29, 0.717) is 23.7 Å². The first-order valence-electron chi connectivity index (χ1n) is 5.20. The summed E-state index contributed by atoms with van der Waals surface area (Å²) in [6.45, 7) is 2.80. The van der Waals surface area contributed by atoms with Gasteiger partial charge in [-0.25, -0.2) is 4.98 Å². The Labute approximate surface area is 102 Å². The second-order valence-corrected chi connectivity index (χ2v) is 4.63. The molecule has 1 atom stereocenters. The maximum atomic E-state index is 12.1. The number of nitrogens with two attached hydrogens (primary N) is 1. The van der Waals surface area contributed by atoms with E-state index in [0.717, 1.165) is 0 Å². The molecule has 0 unspecified atom stereocenters. The van der Waals surface area contributed by atoms with Gasteiger partial charge in [0.05, 0.1) is 24.4 Å². The third-order valence-corrected chi connectivity index (χ3v) is 3.53. The number of nitrogens with zero attached hydrogens (tertiary/aromatic N) is 2. The SMILES string of the molecule is Cc1ncsc1C(=O)N1CCO[C@@H](C(N)=O)C1. The van der Waals surface area contributed by atoms with Gasteiger partial charge in [-0.05, 0) is 6.92 Å². The fraction of sp³-hybridized carbons (Fsp3) is 0.500. The number of aryl methyl sites for hydroxylation is 1. The zero-order valence-corrected chi connectivity index (χ0v) is 10.2. The average molecular weight is 255 g/mol. The first kappa shape index (κ1) is 12.0. The van der Waals surface area contributed by atoms with E-state index in [1.807, 2.05) is 0 Å². The van der Waals surface area contributed by atoms with Gasteiger partial charge in [-0.2, -0.15) is 0 Å². The van der Waals surface area contributed by atoms with Crippen molar-refractivity contribution in [3.05, 3.63) is 16.1 Å². The van der Waals surface area contributed by atoms with Crippen molar-refractivity contribution < 1.29 is 14.3 Å². The molecule has 17 heavy (non-hydrogen) atoms. The van der Waals surface area contributed by atoms with Gasteiger partial charge in [0.1, 0.15) is 4.88 Å². The summed E-state index contributed by atoms with van der Waals surface area (Å²) >= 11 is 1.30. The summed E-state index contributed by atoms with van der Waals surface area (Å²) in [4.78, 5) is 29.4. The van der Waals surface area contributed by atoms with Gasteiger partial charge in [0.15, 0.2) is 6.10 Å². The topological polar surface area (TPSA) is 85.5 Å². The van der Waals surface area contributed by atoms with E-state index in [4.69, 9.17) is 10.5 Å². The molecule has 92 valence electrons. The quantitative estimate of drug-likeness (QED) is 0.791. The van der Waals surface area contributed by atoms with Gasteiger partial charge in [0, 0.05) is 6.54 Å². The molecule has 0 aromatic carbocycles. The minimum atomic E-state index is -0.707. The highest BCUT2D eigenvalue weighted by Crippen LogP contribution is 2.17. The number of thiazole rings is 1. The Balaban J connectivity index is 2.10. The van der Waals surface area contributed by atoms with Crippen molar-refractivity contribution in [2.45, 2.75) is 13.0 Å². The second kappa shape index (κ2) is 4.80. The number of hydrogen-bond acceptors (Lipinski definition) is 5. The number of rotatable bonds is 2. The monoisotopic (exact) mass is 255 g/mol. The maximum absolute atomic E-state index is 12.1. The van der Waals surface area contributed by atoms with Crippen LogP contribution in [0.25, 0.3) is 0 Å². The summed E-state index contributed by atoms with van der Waals surface area (Å²) in [5.74, 6) is -0.650. The van der Waals surface area contributed by atoms with E-state index >= 15 is 0 Å². The van der Waals surface area contributed by atoms with Gasteiger partial charge in [-0.1, -0.05) is 0 Å². The van der Waals surface area contributed by atoms with E-state index in [-0.39, 0.29) is 12.5 Å². The summed E-state index contributed by atoms with van der Waals surface area (Å²) in [6.07, 6.45) is -0.707. The van der Waals surface area contributed by atoms with Crippen molar-refractivity contribution in [3.63, 3.8) is 0 Å². The fourth-order valence-electron chi connectivity index (χ4n) is 1.66. The van der Waals surface area contributed by atoms with Crippen molar-refractivity contribution in [1.29, 1.82) is 0 Å². The molecule has 1 fully saturated rings. The molecule has 7 heteroatoms. The first-order valence-corrected chi connectivity index (χ1v) is 6.08. The Morgan fingerprint density at radius 3 is 3.00 bits per heavy atom. The molecule has 0 saturated carbocycles. The van der Waals surface area contributed by atoms with Crippen LogP contribution in [0.2, 0.25) is 0 Å². The van der Waals surface area contributed by atoms with Crippen molar-refractivity contribution >= 4 is 23.2 Å². The van der Waals surface area contributed by atoms with Crippen LogP contribution in [-0.4, -0.2) is 47.5 Å². The van der Waals surface area contributed by atoms with Crippen LogP contribution in [0.15, 0.2) is 5.51 Å². The number of amides is 2. The maximum Gasteiger partial charge on any atom is 0.266 e. The number of morpholine rings is 1. The lowest BCUT2D eigenvalue weighted by Gasteiger charge is -2.31. The number of carbonyl (C=O) groups excluding carboxylic acids is 2. The molecular weight excluding hydrogens is 242 g/mol. The molecule has 1 aromatic heterocycles. The molecule has 1 aliphatic rings. The number of aromatic nitrogens is 1. The first-order chi connectivity index (χ1) is 8.09. The molecule has 1 aromatic rings. The molecule has 2 N–H and O–H groups in total. The summed E-state index contributed by atoms with van der Waals surface area (Å²) in [5.41, 5.74) is 7.51. The van der Waals surface area contributed by atoms with Crippen LogP contribution in [0.5, 0.6) is 0 Å². The molecule has 2 rings (SSSR count). The highest BCUT2D eigenvalue weighted by molar-refractivity contribution is 7.11. The minimum Gasteiger partial charge on any atom is -0.367 e. The lowest BCUT2D eigenvalue weighted by Crippen LogP contribution is -2.50. The van der Waals surface area contributed by atoms with Crippen molar-refractivity contribution in [3.8, 4) is 0 Å². The van der Waals surface area contributed by atoms with Crippen molar-refractivity contribution in [2.75, 3.05) is 19.7 Å². The van der Waals surface area contributed by atoms with Gasteiger partial charge >= 0.3 is 0 Å². The zero-order chi connectivity index (χ0) is 12.4. The predicted molar refractivity (Wildman–Crippen MR) is 61.7 cm³/mol. The molecule has 0 radical (unpaired) electrons. The van der Waals surface area contributed by atoms with E-state index in [9.17, 15) is 9.59 Å². The van der Waals surface area contributed by atoms with E-state index in [1.54, 1.807) is 17.3 Å². The van der Waals surface area contributed by atoms with E-state index in [2.05, 4.69) is 4.98 Å². The van der Waals surface area contributed by atoms with Gasteiger partial charge < -0.3 is 15.4 Å². The van der Waals surface area contributed by atoms with Gasteiger partial charge in [-0.3, -0.25) is 9.59 Å². The Hall–Kier alpha value is -1.47. The Bertz CT molecular complexity index is 446. The third kappa shape index (κ3) is 2.45. The van der Waals surface area contributed by atoms with Gasteiger partial charge in [-0.15, -0.1) is 11.3 Å². The molecule has 2 amide bonds. The smallest absolute Gasteiger partial charge is 0.266 e. The van der Waals surface area contributed by atoms with Crippen LogP contribution in [-0.2, 0) is 9.53 Å². The zero-order valence-electron chi connectivity index (χ0n) is 9.38. The number of ether oxygens (including phenoxy) is 1. The average Bonchev–Trinajstić information content (AvgIpc) is 2.74. The lowest BCUT2D eigenvalue weighted by molar-refractivity contribution is -0.133. The van der Waals surface area contributed by atoms with Crippen LogP contribution < -0.4 is 5.73 Å². The highest BCUT2D eigenvalue weighted by atomic mass is 32.1. The fourth-order valence-corrected chi connectivity index (χ4v) is 2.43. The van der Waals surface area contributed by atoms with Crippen LogP contribution >= 0.6 is 11.3 Å². The molecule has 6 nitrogen and oxygen atoms in total. The van der Waals surface area contributed by atoms with Crippen molar-refractivity contribution in [2.24, 2.45) is 5.73 Å². The molecule has 0 spiro atoms. The van der Waals surface area contributed by atoms with Crippen LogP contribution in [0, 0.1) is 6.92 Å². The number of primary amides is 1. The molecule has 2 heterocycles.